The van der Waals surface area contributed by atoms with Gasteiger partial charge in [-0.1, -0.05) is 18.2 Å². The van der Waals surface area contributed by atoms with Crippen molar-refractivity contribution < 1.29 is 5.11 Å². The van der Waals surface area contributed by atoms with Gasteiger partial charge in [0, 0.05) is 24.4 Å². The molecule has 0 saturated heterocycles. The van der Waals surface area contributed by atoms with E-state index in [-0.39, 0.29) is 5.75 Å². The van der Waals surface area contributed by atoms with Crippen molar-refractivity contribution in [1.82, 2.24) is 9.78 Å². The zero-order valence-electron chi connectivity index (χ0n) is 9.93. The Morgan fingerprint density at radius 2 is 2.06 bits per heavy atom. The first kappa shape index (κ1) is 11.7. The van der Waals surface area contributed by atoms with Crippen LogP contribution in [0.25, 0.3) is 11.1 Å². The van der Waals surface area contributed by atoms with Crippen LogP contribution in [-0.2, 0) is 13.5 Å². The van der Waals surface area contributed by atoms with Gasteiger partial charge in [-0.05, 0) is 25.5 Å². The minimum Gasteiger partial charge on any atom is -0.507 e. The number of nitrogens with two attached hydrogens (primary N) is 1. The lowest BCUT2D eigenvalue weighted by Crippen LogP contribution is -2.01. The third kappa shape index (κ3) is 2.47. The lowest BCUT2D eigenvalue weighted by molar-refractivity contribution is 0.477. The number of aromatic nitrogens is 2. The molecule has 1 aromatic heterocycles. The summed E-state index contributed by atoms with van der Waals surface area (Å²) in [6, 6.07) is 7.32. The Morgan fingerprint density at radius 1 is 1.29 bits per heavy atom. The summed E-state index contributed by atoms with van der Waals surface area (Å²) >= 11 is 0. The van der Waals surface area contributed by atoms with Crippen LogP contribution in [0.15, 0.2) is 30.5 Å². The van der Waals surface area contributed by atoms with Crippen molar-refractivity contribution in [2.75, 3.05) is 6.54 Å². The van der Waals surface area contributed by atoms with Crippen molar-refractivity contribution in [3.63, 3.8) is 0 Å². The number of nitrogens with zero attached hydrogens (tertiary/aromatic N) is 2. The summed E-state index contributed by atoms with van der Waals surface area (Å²) in [6.45, 7) is 0.650. The second-order valence-corrected chi connectivity index (χ2v) is 4.07. The van der Waals surface area contributed by atoms with E-state index in [2.05, 4.69) is 5.10 Å². The predicted molar refractivity (Wildman–Crippen MR) is 67.7 cm³/mol. The largest absolute Gasteiger partial charge is 0.507 e. The fraction of sp³-hybridized carbons (Fsp3) is 0.308. The number of hydrogen-bond acceptors (Lipinski definition) is 3. The molecule has 0 saturated carbocycles. The highest BCUT2D eigenvalue weighted by Crippen LogP contribution is 2.31. The van der Waals surface area contributed by atoms with Crippen molar-refractivity contribution in [2.45, 2.75) is 12.8 Å². The first-order chi connectivity index (χ1) is 8.22. The van der Waals surface area contributed by atoms with E-state index in [0.717, 1.165) is 29.7 Å². The van der Waals surface area contributed by atoms with Gasteiger partial charge < -0.3 is 10.8 Å². The van der Waals surface area contributed by atoms with E-state index < -0.39 is 0 Å². The standard InChI is InChI=1S/C13H17N3O/c1-16-9-11(12(15-16)6-4-8-14)10-5-2-3-7-13(10)17/h2-3,5,7,9,17H,4,6,8,14H2,1H3. The molecule has 0 aliphatic carbocycles. The summed E-state index contributed by atoms with van der Waals surface area (Å²) in [5, 5.41) is 14.3. The van der Waals surface area contributed by atoms with Crippen molar-refractivity contribution >= 4 is 0 Å². The average Bonchev–Trinajstić information content (AvgIpc) is 2.68. The summed E-state index contributed by atoms with van der Waals surface area (Å²) < 4.78 is 1.77. The quantitative estimate of drug-likeness (QED) is 0.841. The SMILES string of the molecule is Cn1cc(-c2ccccc2O)c(CCCN)n1. The van der Waals surface area contributed by atoms with Crippen LogP contribution in [0.1, 0.15) is 12.1 Å². The molecule has 17 heavy (non-hydrogen) atoms. The topological polar surface area (TPSA) is 64.1 Å². The number of hydrogen-bond donors (Lipinski definition) is 2. The molecule has 0 fully saturated rings. The average molecular weight is 231 g/mol. The summed E-state index contributed by atoms with van der Waals surface area (Å²) in [7, 11) is 1.88. The first-order valence-electron chi connectivity index (χ1n) is 5.73. The number of para-hydroxylation sites is 1. The van der Waals surface area contributed by atoms with Crippen molar-refractivity contribution in [1.29, 1.82) is 0 Å². The van der Waals surface area contributed by atoms with Gasteiger partial charge in [-0.25, -0.2) is 0 Å². The van der Waals surface area contributed by atoms with Crippen LogP contribution >= 0.6 is 0 Å². The Labute approximate surface area is 101 Å². The molecule has 2 rings (SSSR count). The van der Waals surface area contributed by atoms with E-state index in [1.165, 1.54) is 0 Å². The minimum atomic E-state index is 0.287. The molecule has 0 amide bonds. The normalized spacial score (nSPS) is 10.7. The van der Waals surface area contributed by atoms with Crippen LogP contribution in [0, 0.1) is 0 Å². The number of phenols is 1. The van der Waals surface area contributed by atoms with Crippen LogP contribution in [0.4, 0.5) is 0 Å². The summed E-state index contributed by atoms with van der Waals surface area (Å²) in [4.78, 5) is 0. The van der Waals surface area contributed by atoms with Gasteiger partial charge >= 0.3 is 0 Å². The van der Waals surface area contributed by atoms with Gasteiger partial charge in [-0.2, -0.15) is 5.10 Å². The number of aromatic hydroxyl groups is 1. The van der Waals surface area contributed by atoms with Gasteiger partial charge in [0.05, 0.1) is 5.69 Å². The van der Waals surface area contributed by atoms with Gasteiger partial charge in [0.1, 0.15) is 5.75 Å². The van der Waals surface area contributed by atoms with E-state index in [9.17, 15) is 5.11 Å². The van der Waals surface area contributed by atoms with E-state index in [0.29, 0.717) is 6.54 Å². The minimum absolute atomic E-state index is 0.287. The maximum atomic E-state index is 9.86. The van der Waals surface area contributed by atoms with Gasteiger partial charge in [-0.3, -0.25) is 4.68 Å². The lowest BCUT2D eigenvalue weighted by atomic mass is 10.0. The summed E-state index contributed by atoms with van der Waals surface area (Å²) in [5.41, 5.74) is 8.32. The van der Waals surface area contributed by atoms with Gasteiger partial charge in [0.15, 0.2) is 0 Å². The zero-order valence-corrected chi connectivity index (χ0v) is 9.93. The van der Waals surface area contributed by atoms with E-state index in [1.54, 1.807) is 10.7 Å². The van der Waals surface area contributed by atoms with E-state index in [1.807, 2.05) is 31.4 Å². The Balaban J connectivity index is 2.41. The Bertz CT molecular complexity index is 505. The smallest absolute Gasteiger partial charge is 0.123 e. The molecule has 90 valence electrons. The summed E-state index contributed by atoms with van der Waals surface area (Å²) in [6.07, 6.45) is 3.67. The number of phenolic OH excluding ortho intramolecular Hbond substituents is 1. The molecular weight excluding hydrogens is 214 g/mol. The second kappa shape index (κ2) is 5.01. The molecule has 0 bridgehead atoms. The van der Waals surface area contributed by atoms with Crippen LogP contribution in [0.2, 0.25) is 0 Å². The summed E-state index contributed by atoms with van der Waals surface area (Å²) in [5.74, 6) is 0.287. The Morgan fingerprint density at radius 3 is 2.76 bits per heavy atom. The molecule has 0 spiro atoms. The van der Waals surface area contributed by atoms with Crippen molar-refractivity contribution in [3.05, 3.63) is 36.2 Å². The molecule has 1 aromatic carbocycles. The Hall–Kier alpha value is -1.81. The van der Waals surface area contributed by atoms with Crippen molar-refractivity contribution in [2.24, 2.45) is 12.8 Å². The second-order valence-electron chi connectivity index (χ2n) is 4.07. The molecule has 2 aromatic rings. The van der Waals surface area contributed by atoms with Crippen molar-refractivity contribution in [3.8, 4) is 16.9 Å². The maximum absolute atomic E-state index is 9.86. The number of benzene rings is 1. The van der Waals surface area contributed by atoms with Gasteiger partial charge in [0.25, 0.3) is 0 Å². The molecule has 0 aliphatic rings. The van der Waals surface area contributed by atoms with E-state index >= 15 is 0 Å². The molecule has 4 nitrogen and oxygen atoms in total. The monoisotopic (exact) mass is 231 g/mol. The van der Waals surface area contributed by atoms with E-state index in [4.69, 9.17) is 5.73 Å². The first-order valence-corrected chi connectivity index (χ1v) is 5.73. The molecule has 1 heterocycles. The third-order valence-electron chi connectivity index (χ3n) is 2.72. The van der Waals surface area contributed by atoms with Crippen LogP contribution in [0.5, 0.6) is 5.75 Å². The number of rotatable bonds is 4. The van der Waals surface area contributed by atoms with Crippen LogP contribution in [-0.4, -0.2) is 21.4 Å². The molecule has 0 unspecified atom stereocenters. The van der Waals surface area contributed by atoms with Gasteiger partial charge in [-0.15, -0.1) is 0 Å². The predicted octanol–water partition coefficient (Wildman–Crippen LogP) is 1.68. The van der Waals surface area contributed by atoms with Crippen LogP contribution in [0.3, 0.4) is 0 Å². The zero-order chi connectivity index (χ0) is 12.3. The highest BCUT2D eigenvalue weighted by Gasteiger charge is 2.12. The third-order valence-corrected chi connectivity index (χ3v) is 2.72. The molecule has 0 atom stereocenters. The maximum Gasteiger partial charge on any atom is 0.123 e. The highest BCUT2D eigenvalue weighted by molar-refractivity contribution is 5.71. The lowest BCUT2D eigenvalue weighted by Gasteiger charge is -2.04. The molecule has 3 N–H and O–H groups in total. The number of aryl methyl sites for hydroxylation is 2. The fourth-order valence-corrected chi connectivity index (χ4v) is 1.92. The van der Waals surface area contributed by atoms with Crippen LogP contribution < -0.4 is 5.73 Å². The Kier molecular flexibility index (Phi) is 3.44. The molecule has 0 radical (unpaired) electrons. The molecular formula is C13H17N3O. The molecule has 4 heteroatoms. The molecule has 0 aliphatic heterocycles. The highest BCUT2D eigenvalue weighted by atomic mass is 16.3. The fourth-order valence-electron chi connectivity index (χ4n) is 1.92. The van der Waals surface area contributed by atoms with Gasteiger partial charge in [0.2, 0.25) is 0 Å².